The standard InChI is InChI=1S/C11H17N5O/c12-10(15-17)9-11(14-6-5-13-9)16-7-3-1-2-4-8-16/h5-6,17H,1-4,7-8H2,(H2,12,15). The number of nitrogens with zero attached hydrogens (tertiary/aromatic N) is 4. The monoisotopic (exact) mass is 235 g/mol. The van der Waals surface area contributed by atoms with Crippen molar-refractivity contribution in [3.05, 3.63) is 18.1 Å². The molecule has 1 aromatic rings. The molecule has 6 heteroatoms. The minimum absolute atomic E-state index is 0.0114. The Kier molecular flexibility index (Phi) is 3.74. The molecule has 3 N–H and O–H groups in total. The van der Waals surface area contributed by atoms with Gasteiger partial charge in [0.15, 0.2) is 17.3 Å². The number of amidine groups is 1. The molecule has 2 heterocycles. The third-order valence-electron chi connectivity index (χ3n) is 2.93. The molecule has 0 aromatic carbocycles. The molecule has 1 aliphatic rings. The van der Waals surface area contributed by atoms with Gasteiger partial charge in [0.2, 0.25) is 0 Å². The van der Waals surface area contributed by atoms with E-state index < -0.39 is 0 Å². The molecule has 92 valence electrons. The number of hydrogen-bond donors (Lipinski definition) is 2. The van der Waals surface area contributed by atoms with Gasteiger partial charge < -0.3 is 15.8 Å². The van der Waals surface area contributed by atoms with Crippen molar-refractivity contribution in [3.63, 3.8) is 0 Å². The van der Waals surface area contributed by atoms with Crippen molar-refractivity contribution in [2.75, 3.05) is 18.0 Å². The molecule has 0 amide bonds. The van der Waals surface area contributed by atoms with Gasteiger partial charge in [0.25, 0.3) is 0 Å². The molecule has 0 spiro atoms. The van der Waals surface area contributed by atoms with Gasteiger partial charge in [0.05, 0.1) is 0 Å². The first kappa shape index (κ1) is 11.6. The van der Waals surface area contributed by atoms with Crippen LogP contribution in [0.2, 0.25) is 0 Å². The minimum Gasteiger partial charge on any atom is -0.409 e. The lowest BCUT2D eigenvalue weighted by Gasteiger charge is -2.22. The van der Waals surface area contributed by atoms with E-state index in [4.69, 9.17) is 10.9 Å². The summed E-state index contributed by atoms with van der Waals surface area (Å²) in [6.07, 6.45) is 7.97. The van der Waals surface area contributed by atoms with Crippen molar-refractivity contribution >= 4 is 11.7 Å². The van der Waals surface area contributed by atoms with Gasteiger partial charge in [-0.3, -0.25) is 0 Å². The maximum atomic E-state index is 8.74. The van der Waals surface area contributed by atoms with Crippen LogP contribution < -0.4 is 10.6 Å². The Morgan fingerprint density at radius 1 is 1.18 bits per heavy atom. The molecule has 1 fully saturated rings. The summed E-state index contributed by atoms with van der Waals surface area (Å²) in [7, 11) is 0. The molecule has 0 aliphatic carbocycles. The summed E-state index contributed by atoms with van der Waals surface area (Å²) >= 11 is 0. The largest absolute Gasteiger partial charge is 0.409 e. The van der Waals surface area contributed by atoms with Crippen LogP contribution in [-0.2, 0) is 0 Å². The third-order valence-corrected chi connectivity index (χ3v) is 2.93. The molecule has 1 aliphatic heterocycles. The molecule has 0 saturated carbocycles. The number of aromatic nitrogens is 2. The second kappa shape index (κ2) is 5.47. The fourth-order valence-corrected chi connectivity index (χ4v) is 2.07. The molecule has 6 nitrogen and oxygen atoms in total. The maximum absolute atomic E-state index is 8.74. The molecule has 2 rings (SSSR count). The predicted molar refractivity (Wildman–Crippen MR) is 65.2 cm³/mol. The molecule has 17 heavy (non-hydrogen) atoms. The van der Waals surface area contributed by atoms with Crippen LogP contribution in [0.15, 0.2) is 17.5 Å². The SMILES string of the molecule is N/C(=N/O)c1nccnc1N1CCCCCC1. The van der Waals surface area contributed by atoms with E-state index in [9.17, 15) is 0 Å². The second-order valence-electron chi connectivity index (χ2n) is 4.12. The van der Waals surface area contributed by atoms with E-state index in [-0.39, 0.29) is 5.84 Å². The molecular formula is C11H17N5O. The summed E-state index contributed by atoms with van der Waals surface area (Å²) < 4.78 is 0. The van der Waals surface area contributed by atoms with E-state index >= 15 is 0 Å². The number of anilines is 1. The molecule has 0 unspecified atom stereocenters. The summed E-state index contributed by atoms with van der Waals surface area (Å²) in [4.78, 5) is 10.6. The Bertz CT molecular complexity index is 399. The van der Waals surface area contributed by atoms with E-state index in [0.29, 0.717) is 11.5 Å². The predicted octanol–water partition coefficient (Wildman–Crippen LogP) is 0.951. The summed E-state index contributed by atoms with van der Waals surface area (Å²) in [6, 6.07) is 0. The van der Waals surface area contributed by atoms with Crippen molar-refractivity contribution in [2.45, 2.75) is 25.7 Å². The van der Waals surface area contributed by atoms with E-state index in [0.717, 1.165) is 25.9 Å². The van der Waals surface area contributed by atoms with Gasteiger partial charge >= 0.3 is 0 Å². The molecule has 0 bridgehead atoms. The highest BCUT2D eigenvalue weighted by Gasteiger charge is 2.17. The smallest absolute Gasteiger partial charge is 0.192 e. The van der Waals surface area contributed by atoms with E-state index in [1.54, 1.807) is 12.4 Å². The van der Waals surface area contributed by atoms with Crippen LogP contribution in [0.3, 0.4) is 0 Å². The summed E-state index contributed by atoms with van der Waals surface area (Å²) in [5.74, 6) is 0.724. The first-order valence-electron chi connectivity index (χ1n) is 5.87. The topological polar surface area (TPSA) is 87.6 Å². The van der Waals surface area contributed by atoms with E-state index in [2.05, 4.69) is 20.0 Å². The zero-order valence-electron chi connectivity index (χ0n) is 9.71. The third kappa shape index (κ3) is 2.64. The van der Waals surface area contributed by atoms with Gasteiger partial charge in [-0.1, -0.05) is 18.0 Å². The van der Waals surface area contributed by atoms with Crippen LogP contribution in [0.1, 0.15) is 31.4 Å². The fraction of sp³-hybridized carbons (Fsp3) is 0.545. The van der Waals surface area contributed by atoms with Gasteiger partial charge in [-0.15, -0.1) is 0 Å². The van der Waals surface area contributed by atoms with Crippen LogP contribution >= 0.6 is 0 Å². The Morgan fingerprint density at radius 3 is 2.47 bits per heavy atom. The van der Waals surface area contributed by atoms with E-state index in [1.807, 2.05) is 0 Å². The van der Waals surface area contributed by atoms with Crippen LogP contribution in [0, 0.1) is 0 Å². The minimum atomic E-state index is 0.0114. The summed E-state index contributed by atoms with van der Waals surface area (Å²) in [5.41, 5.74) is 6.07. The second-order valence-corrected chi connectivity index (χ2v) is 4.12. The molecule has 1 aromatic heterocycles. The van der Waals surface area contributed by atoms with Gasteiger partial charge in [0, 0.05) is 25.5 Å². The number of oxime groups is 1. The molecule has 0 atom stereocenters. The van der Waals surface area contributed by atoms with Crippen molar-refractivity contribution in [2.24, 2.45) is 10.9 Å². The Labute approximate surface area is 100 Å². The van der Waals surface area contributed by atoms with Gasteiger partial charge in [-0.2, -0.15) is 0 Å². The first-order chi connectivity index (χ1) is 8.33. The average molecular weight is 235 g/mol. The highest BCUT2D eigenvalue weighted by atomic mass is 16.4. The van der Waals surface area contributed by atoms with Crippen molar-refractivity contribution in [1.82, 2.24) is 9.97 Å². The zero-order valence-corrected chi connectivity index (χ0v) is 9.71. The summed E-state index contributed by atoms with van der Waals surface area (Å²) in [5, 5.41) is 11.7. The molecule has 0 radical (unpaired) electrons. The highest BCUT2D eigenvalue weighted by molar-refractivity contribution is 5.99. The van der Waals surface area contributed by atoms with Crippen LogP contribution in [0.4, 0.5) is 5.82 Å². The quantitative estimate of drug-likeness (QED) is 0.345. The number of nitrogens with two attached hydrogens (primary N) is 1. The lowest BCUT2D eigenvalue weighted by Crippen LogP contribution is -2.29. The van der Waals surface area contributed by atoms with Crippen molar-refractivity contribution < 1.29 is 5.21 Å². The van der Waals surface area contributed by atoms with Gasteiger partial charge in [0.1, 0.15) is 0 Å². The maximum Gasteiger partial charge on any atom is 0.192 e. The Morgan fingerprint density at radius 2 is 1.82 bits per heavy atom. The fourth-order valence-electron chi connectivity index (χ4n) is 2.07. The lowest BCUT2D eigenvalue weighted by atomic mass is 10.2. The number of hydrogen-bond acceptors (Lipinski definition) is 5. The Hall–Kier alpha value is -1.85. The van der Waals surface area contributed by atoms with Crippen molar-refractivity contribution in [3.8, 4) is 0 Å². The summed E-state index contributed by atoms with van der Waals surface area (Å²) in [6.45, 7) is 1.90. The van der Waals surface area contributed by atoms with Crippen LogP contribution in [0.25, 0.3) is 0 Å². The van der Waals surface area contributed by atoms with Gasteiger partial charge in [-0.05, 0) is 12.8 Å². The lowest BCUT2D eigenvalue weighted by molar-refractivity contribution is 0.318. The highest BCUT2D eigenvalue weighted by Crippen LogP contribution is 2.19. The van der Waals surface area contributed by atoms with Crippen molar-refractivity contribution in [1.29, 1.82) is 0 Å². The molecular weight excluding hydrogens is 218 g/mol. The van der Waals surface area contributed by atoms with Crippen LogP contribution in [-0.4, -0.2) is 34.1 Å². The normalized spacial score (nSPS) is 17.9. The first-order valence-corrected chi connectivity index (χ1v) is 5.87. The molecule has 1 saturated heterocycles. The van der Waals surface area contributed by atoms with E-state index in [1.165, 1.54) is 12.8 Å². The number of rotatable bonds is 2. The van der Waals surface area contributed by atoms with Crippen LogP contribution in [0.5, 0.6) is 0 Å². The average Bonchev–Trinajstić information content (AvgIpc) is 2.66. The van der Waals surface area contributed by atoms with Gasteiger partial charge in [-0.25, -0.2) is 9.97 Å². The zero-order chi connectivity index (χ0) is 12.1. The Balaban J connectivity index is 2.30.